The van der Waals surface area contributed by atoms with Gasteiger partial charge in [0.2, 0.25) is 0 Å². The van der Waals surface area contributed by atoms with E-state index in [0.29, 0.717) is 6.10 Å². The predicted octanol–water partition coefficient (Wildman–Crippen LogP) is 5.39. The maximum atomic E-state index is 6.18. The smallest absolute Gasteiger partial charge is 0.127 e. The van der Waals surface area contributed by atoms with Crippen molar-refractivity contribution >= 4 is 0 Å². The Bertz CT molecular complexity index is 491. The van der Waals surface area contributed by atoms with Crippen LogP contribution in [-0.2, 0) is 17.3 Å². The van der Waals surface area contributed by atoms with Crippen molar-refractivity contribution in [1.82, 2.24) is 0 Å². The summed E-state index contributed by atoms with van der Waals surface area (Å²) in [5, 5.41) is 0. The van der Waals surface area contributed by atoms with Crippen LogP contribution < -0.4 is 4.74 Å². The molecule has 1 atom stereocenters. The standard InChI is InChI=1S/C19H30O/c1-8-11-19(6,7)15-9-10-16(18(3,4)5)17-14(15)12-13(2)20-17/h9-10,13H,8,11-12H2,1-7H3. The summed E-state index contributed by atoms with van der Waals surface area (Å²) in [6.45, 7) is 16.0. The van der Waals surface area contributed by atoms with Gasteiger partial charge in [-0.25, -0.2) is 0 Å². The van der Waals surface area contributed by atoms with Crippen molar-refractivity contribution in [3.8, 4) is 5.75 Å². The summed E-state index contributed by atoms with van der Waals surface area (Å²) in [7, 11) is 0. The number of rotatable bonds is 3. The van der Waals surface area contributed by atoms with Gasteiger partial charge in [0.1, 0.15) is 11.9 Å². The Hall–Kier alpha value is -0.980. The molecule has 0 radical (unpaired) electrons. The topological polar surface area (TPSA) is 9.23 Å². The monoisotopic (exact) mass is 274 g/mol. The highest BCUT2D eigenvalue weighted by Gasteiger charge is 2.33. The molecular formula is C19H30O. The lowest BCUT2D eigenvalue weighted by Gasteiger charge is -2.29. The summed E-state index contributed by atoms with van der Waals surface area (Å²) < 4.78 is 6.18. The minimum absolute atomic E-state index is 0.140. The second-order valence-corrected chi connectivity index (χ2v) is 7.98. The van der Waals surface area contributed by atoms with Gasteiger partial charge in [0.05, 0.1) is 0 Å². The third kappa shape index (κ3) is 2.73. The van der Waals surface area contributed by atoms with Crippen molar-refractivity contribution in [2.75, 3.05) is 0 Å². The zero-order chi connectivity index (χ0) is 15.1. The van der Waals surface area contributed by atoms with E-state index in [1.54, 1.807) is 0 Å². The fourth-order valence-electron chi connectivity index (χ4n) is 3.48. The third-order valence-electron chi connectivity index (χ3n) is 4.48. The molecule has 0 spiro atoms. The van der Waals surface area contributed by atoms with E-state index >= 15 is 0 Å². The number of fused-ring (bicyclic) bond motifs is 1. The fourth-order valence-corrected chi connectivity index (χ4v) is 3.48. The maximum absolute atomic E-state index is 6.18. The van der Waals surface area contributed by atoms with Gasteiger partial charge in [0.15, 0.2) is 0 Å². The second-order valence-electron chi connectivity index (χ2n) is 7.98. The van der Waals surface area contributed by atoms with Crippen LogP contribution in [0.15, 0.2) is 12.1 Å². The minimum Gasteiger partial charge on any atom is -0.490 e. The van der Waals surface area contributed by atoms with Crippen molar-refractivity contribution in [1.29, 1.82) is 0 Å². The van der Waals surface area contributed by atoms with E-state index in [-0.39, 0.29) is 10.8 Å². The zero-order valence-corrected chi connectivity index (χ0v) is 14.3. The molecular weight excluding hydrogens is 244 g/mol. The zero-order valence-electron chi connectivity index (χ0n) is 14.3. The van der Waals surface area contributed by atoms with Crippen molar-refractivity contribution < 1.29 is 4.74 Å². The Morgan fingerprint density at radius 1 is 1.10 bits per heavy atom. The average molecular weight is 274 g/mol. The van der Waals surface area contributed by atoms with Crippen LogP contribution in [0.2, 0.25) is 0 Å². The van der Waals surface area contributed by atoms with Crippen LogP contribution in [-0.4, -0.2) is 6.10 Å². The first-order chi connectivity index (χ1) is 9.16. The molecule has 1 nitrogen and oxygen atoms in total. The molecule has 0 amide bonds. The summed E-state index contributed by atoms with van der Waals surface area (Å²) in [6.07, 6.45) is 3.81. The molecule has 2 rings (SSSR count). The molecule has 1 aliphatic rings. The molecule has 0 bridgehead atoms. The van der Waals surface area contributed by atoms with Gasteiger partial charge in [0.25, 0.3) is 0 Å². The third-order valence-corrected chi connectivity index (χ3v) is 4.48. The van der Waals surface area contributed by atoms with Crippen LogP contribution in [0.4, 0.5) is 0 Å². The number of benzene rings is 1. The van der Waals surface area contributed by atoms with Crippen LogP contribution in [0, 0.1) is 0 Å². The Balaban J connectivity index is 2.57. The Labute approximate surface area is 124 Å². The van der Waals surface area contributed by atoms with Crippen LogP contribution in [0.5, 0.6) is 5.75 Å². The van der Waals surface area contributed by atoms with Crippen LogP contribution in [0.3, 0.4) is 0 Å². The van der Waals surface area contributed by atoms with Gasteiger partial charge in [-0.15, -0.1) is 0 Å². The lowest BCUT2D eigenvalue weighted by molar-refractivity contribution is 0.249. The summed E-state index contributed by atoms with van der Waals surface area (Å²) in [4.78, 5) is 0. The van der Waals surface area contributed by atoms with Crippen molar-refractivity contribution in [2.24, 2.45) is 0 Å². The van der Waals surface area contributed by atoms with Crippen LogP contribution in [0.25, 0.3) is 0 Å². The van der Waals surface area contributed by atoms with Crippen LogP contribution in [0.1, 0.15) is 78.0 Å². The lowest BCUT2D eigenvalue weighted by atomic mass is 9.75. The van der Waals surface area contributed by atoms with Gasteiger partial charge in [-0.2, -0.15) is 0 Å². The number of ether oxygens (including phenoxy) is 1. The quantitative estimate of drug-likeness (QED) is 0.718. The first-order valence-electron chi connectivity index (χ1n) is 8.00. The van der Waals surface area contributed by atoms with E-state index in [1.807, 2.05) is 0 Å². The lowest BCUT2D eigenvalue weighted by Crippen LogP contribution is -2.20. The molecule has 0 aliphatic carbocycles. The summed E-state index contributed by atoms with van der Waals surface area (Å²) in [5.74, 6) is 1.17. The first kappa shape index (κ1) is 15.4. The summed E-state index contributed by atoms with van der Waals surface area (Å²) >= 11 is 0. The fraction of sp³-hybridized carbons (Fsp3) is 0.684. The van der Waals surface area contributed by atoms with Crippen molar-refractivity contribution in [3.05, 3.63) is 28.8 Å². The maximum Gasteiger partial charge on any atom is 0.127 e. The van der Waals surface area contributed by atoms with Gasteiger partial charge in [0, 0.05) is 12.0 Å². The Kier molecular flexibility index (Phi) is 3.92. The van der Waals surface area contributed by atoms with E-state index in [9.17, 15) is 0 Å². The highest BCUT2D eigenvalue weighted by molar-refractivity contribution is 5.53. The molecule has 0 saturated carbocycles. The Morgan fingerprint density at radius 3 is 2.25 bits per heavy atom. The minimum atomic E-state index is 0.140. The van der Waals surface area contributed by atoms with Gasteiger partial charge in [-0.1, -0.05) is 60.1 Å². The molecule has 0 aromatic heterocycles. The van der Waals surface area contributed by atoms with E-state index in [1.165, 1.54) is 35.3 Å². The largest absolute Gasteiger partial charge is 0.490 e. The van der Waals surface area contributed by atoms with E-state index in [4.69, 9.17) is 4.74 Å². The molecule has 0 N–H and O–H groups in total. The molecule has 1 aliphatic heterocycles. The SMILES string of the molecule is CCCC(C)(C)c1ccc(C(C)(C)C)c2c1CC(C)O2. The first-order valence-corrected chi connectivity index (χ1v) is 8.00. The van der Waals surface area contributed by atoms with Crippen molar-refractivity contribution in [3.63, 3.8) is 0 Å². The summed E-state index contributed by atoms with van der Waals surface area (Å²) in [6, 6.07) is 4.65. The molecule has 1 heterocycles. The molecule has 1 unspecified atom stereocenters. The average Bonchev–Trinajstić information content (AvgIpc) is 2.66. The number of hydrogen-bond acceptors (Lipinski definition) is 1. The van der Waals surface area contributed by atoms with Gasteiger partial charge < -0.3 is 4.74 Å². The highest BCUT2D eigenvalue weighted by atomic mass is 16.5. The van der Waals surface area contributed by atoms with E-state index < -0.39 is 0 Å². The second kappa shape index (κ2) is 5.09. The predicted molar refractivity (Wildman–Crippen MR) is 86.9 cm³/mol. The van der Waals surface area contributed by atoms with Gasteiger partial charge >= 0.3 is 0 Å². The molecule has 20 heavy (non-hydrogen) atoms. The number of hydrogen-bond donors (Lipinski definition) is 0. The van der Waals surface area contributed by atoms with Gasteiger partial charge in [-0.05, 0) is 35.3 Å². The summed E-state index contributed by atoms with van der Waals surface area (Å²) in [5.41, 5.74) is 4.69. The van der Waals surface area contributed by atoms with Crippen LogP contribution >= 0.6 is 0 Å². The highest BCUT2D eigenvalue weighted by Crippen LogP contribution is 2.44. The Morgan fingerprint density at radius 2 is 1.70 bits per heavy atom. The molecule has 112 valence electrons. The van der Waals surface area contributed by atoms with E-state index in [2.05, 4.69) is 60.6 Å². The molecule has 1 heteroatoms. The molecule has 1 aromatic carbocycles. The van der Waals surface area contributed by atoms with E-state index in [0.717, 1.165) is 6.42 Å². The molecule has 1 aromatic rings. The molecule has 0 fully saturated rings. The molecule has 0 saturated heterocycles. The van der Waals surface area contributed by atoms with Crippen molar-refractivity contribution in [2.45, 2.75) is 84.7 Å². The normalized spacial score (nSPS) is 18.9. The van der Waals surface area contributed by atoms with Gasteiger partial charge in [-0.3, -0.25) is 0 Å².